The van der Waals surface area contributed by atoms with E-state index in [-0.39, 0.29) is 0 Å². The molecule has 1 N–H and O–H groups in total. The summed E-state index contributed by atoms with van der Waals surface area (Å²) in [6.45, 7) is 0. The standard InChI is InChI=1S/CH2O3.Al.H/c2-1(3)4;;/h(H2,2,3,4);;/q;+1;/p-1. The lowest BCUT2D eigenvalue weighted by Crippen LogP contribution is -1.92. The summed E-state index contributed by atoms with van der Waals surface area (Å²) in [5, 5.41) is 7.51. The molecule has 0 aromatic heterocycles. The van der Waals surface area contributed by atoms with E-state index in [4.69, 9.17) is 9.90 Å². The Morgan fingerprint density at radius 3 is 2.20 bits per heavy atom. The molecule has 27 valence electrons. The molecule has 0 aliphatic heterocycles. The van der Waals surface area contributed by atoms with E-state index in [0.29, 0.717) is 0 Å². The Hall–Kier alpha value is -0.198. The minimum absolute atomic E-state index is 0.934. The van der Waals surface area contributed by atoms with Crippen molar-refractivity contribution in [3.63, 3.8) is 0 Å². The number of carboxylic acid groups (broad SMARTS) is 1. The zero-order valence-corrected chi connectivity index (χ0v) is 3.89. The molecule has 0 spiro atoms. The van der Waals surface area contributed by atoms with Crippen molar-refractivity contribution in [1.29, 1.82) is 0 Å². The molecule has 4 heteroatoms. The molecule has 0 unspecified atom stereocenters. The molecule has 5 heavy (non-hydrogen) atoms. The van der Waals surface area contributed by atoms with Gasteiger partial charge in [0.15, 0.2) is 0 Å². The molecule has 0 heterocycles. The fourth-order valence-electron chi connectivity index (χ4n) is 0. The van der Waals surface area contributed by atoms with Crippen molar-refractivity contribution < 1.29 is 13.7 Å². The first-order valence-corrected chi connectivity index (χ1v) is 1.50. The number of hydrogen-bond acceptors (Lipinski definition) is 2. The van der Waals surface area contributed by atoms with Gasteiger partial charge in [-0.3, -0.25) is 0 Å². The Kier molecular flexibility index (Phi) is 1.98. The van der Waals surface area contributed by atoms with E-state index in [1.54, 1.807) is 0 Å². The molecule has 0 rings (SSSR count). The number of hydrogen-bond donors (Lipinski definition) is 1. The first-order valence-electron chi connectivity index (χ1n) is 0.921. The molecule has 0 atom stereocenters. The summed E-state index contributed by atoms with van der Waals surface area (Å²) in [7, 11) is 0. The quantitative estimate of drug-likeness (QED) is 0.407. The predicted octanol–water partition coefficient (Wildman–Crippen LogP) is -0.503. The van der Waals surface area contributed by atoms with Gasteiger partial charge >= 0.3 is 22.8 Å². The van der Waals surface area contributed by atoms with Crippen LogP contribution in [0.25, 0.3) is 0 Å². The average molecular weight is 89.0 g/mol. The monoisotopic (exact) mass is 89.0 g/mol. The van der Waals surface area contributed by atoms with Crippen molar-refractivity contribution in [2.45, 2.75) is 0 Å². The Bertz CT molecular complexity index is 42.2. The van der Waals surface area contributed by atoms with Crippen LogP contribution in [0.5, 0.6) is 0 Å². The van der Waals surface area contributed by atoms with Crippen LogP contribution in [0.1, 0.15) is 0 Å². The van der Waals surface area contributed by atoms with E-state index in [0.717, 1.165) is 16.6 Å². The second kappa shape index (κ2) is 2.07. The topological polar surface area (TPSA) is 46.5 Å². The fraction of sp³-hybridized carbons (Fsp3) is 0. The highest BCUT2D eigenvalue weighted by molar-refractivity contribution is 6.03. The average Bonchev–Trinajstić information content (AvgIpc) is 1.38. The van der Waals surface area contributed by atoms with Gasteiger partial charge in [0.05, 0.1) is 0 Å². The normalized spacial score (nSPS) is 6.40. The lowest BCUT2D eigenvalue weighted by Gasteiger charge is -1.82. The summed E-state index contributed by atoms with van der Waals surface area (Å²) in [4.78, 5) is 9.15. The van der Waals surface area contributed by atoms with Gasteiger partial charge in [-0.1, -0.05) is 0 Å². The zero-order chi connectivity index (χ0) is 4.28. The number of carbonyl (C=O) groups is 1. The highest BCUT2D eigenvalue weighted by Gasteiger charge is 1.79. The van der Waals surface area contributed by atoms with E-state index in [9.17, 15) is 0 Å². The zero-order valence-electron chi connectivity index (χ0n) is 2.47. The summed E-state index contributed by atoms with van der Waals surface area (Å²) in [5.74, 6) is 0. The van der Waals surface area contributed by atoms with E-state index in [2.05, 4.69) is 3.79 Å². The lowest BCUT2D eigenvalue weighted by molar-refractivity contribution is 0.148. The molecule has 1 radical (unpaired) electrons. The van der Waals surface area contributed by atoms with E-state index in [1.807, 2.05) is 0 Å². The van der Waals surface area contributed by atoms with Crippen LogP contribution in [0.15, 0.2) is 0 Å². The highest BCUT2D eigenvalue weighted by atomic mass is 27.1. The van der Waals surface area contributed by atoms with Crippen LogP contribution >= 0.6 is 0 Å². The minimum Gasteiger partial charge on any atom is -0.594 e. The molecule has 0 aromatic carbocycles. The van der Waals surface area contributed by atoms with E-state index in [1.165, 1.54) is 0 Å². The SMILES string of the molecule is O=C(O)[O][AlH]. The van der Waals surface area contributed by atoms with Gasteiger partial charge in [-0.05, 0) is 0 Å². The van der Waals surface area contributed by atoms with Crippen molar-refractivity contribution >= 4 is 22.8 Å². The Morgan fingerprint density at radius 2 is 2.20 bits per heavy atom. The van der Waals surface area contributed by atoms with Crippen molar-refractivity contribution in [2.75, 3.05) is 0 Å². The maximum absolute atomic E-state index is 9.15. The van der Waals surface area contributed by atoms with Crippen LogP contribution in [-0.2, 0) is 3.79 Å². The molecular weight excluding hydrogens is 87.0 g/mol. The Balaban J connectivity index is 2.85. The third-order valence-electron chi connectivity index (χ3n) is 0.123. The fourth-order valence-corrected chi connectivity index (χ4v) is 0. The van der Waals surface area contributed by atoms with Gasteiger partial charge in [0.25, 0.3) is 0 Å². The molecule has 0 fully saturated rings. The molecular formula is CH2AlO3. The summed E-state index contributed by atoms with van der Waals surface area (Å²) in [5.41, 5.74) is 0. The maximum atomic E-state index is 9.15. The van der Waals surface area contributed by atoms with Crippen LogP contribution in [0.4, 0.5) is 4.79 Å². The summed E-state index contributed by atoms with van der Waals surface area (Å²) in [6.07, 6.45) is -1.23. The van der Waals surface area contributed by atoms with Gasteiger partial charge in [-0.25, -0.2) is 4.79 Å². The van der Waals surface area contributed by atoms with E-state index >= 15 is 0 Å². The van der Waals surface area contributed by atoms with Crippen LogP contribution in [0.2, 0.25) is 0 Å². The molecule has 0 aromatic rings. The summed E-state index contributed by atoms with van der Waals surface area (Å²) >= 11 is 0.934. The van der Waals surface area contributed by atoms with Gasteiger partial charge in [-0.2, -0.15) is 0 Å². The third kappa shape index (κ3) is 3.80. The summed E-state index contributed by atoms with van der Waals surface area (Å²) < 4.78 is 3.69. The van der Waals surface area contributed by atoms with Crippen molar-refractivity contribution in [2.24, 2.45) is 0 Å². The molecule has 0 bridgehead atoms. The van der Waals surface area contributed by atoms with Gasteiger partial charge in [0.2, 0.25) is 0 Å². The maximum Gasteiger partial charge on any atom is 0.501 e. The van der Waals surface area contributed by atoms with E-state index < -0.39 is 6.16 Å². The highest BCUT2D eigenvalue weighted by Crippen LogP contribution is 1.59. The van der Waals surface area contributed by atoms with Crippen molar-refractivity contribution in [3.8, 4) is 0 Å². The Morgan fingerprint density at radius 1 is 2.00 bits per heavy atom. The Labute approximate surface area is 37.3 Å². The van der Waals surface area contributed by atoms with Crippen LogP contribution in [0, 0.1) is 0 Å². The minimum atomic E-state index is -1.23. The van der Waals surface area contributed by atoms with Crippen molar-refractivity contribution in [3.05, 3.63) is 0 Å². The molecule has 3 nitrogen and oxygen atoms in total. The van der Waals surface area contributed by atoms with Crippen LogP contribution in [0.3, 0.4) is 0 Å². The smallest absolute Gasteiger partial charge is 0.501 e. The second-order valence-electron chi connectivity index (χ2n) is 0.410. The van der Waals surface area contributed by atoms with Gasteiger partial charge in [0.1, 0.15) is 0 Å². The summed E-state index contributed by atoms with van der Waals surface area (Å²) in [6, 6.07) is 0. The molecule has 0 saturated heterocycles. The third-order valence-corrected chi connectivity index (χ3v) is 0.370. The first kappa shape index (κ1) is 4.80. The van der Waals surface area contributed by atoms with Gasteiger partial charge < -0.3 is 8.90 Å². The first-order chi connectivity index (χ1) is 2.27. The number of rotatable bonds is 0. The molecule has 0 amide bonds. The molecule has 0 aliphatic rings. The van der Waals surface area contributed by atoms with Gasteiger partial charge in [0, 0.05) is 0 Å². The second-order valence-corrected chi connectivity index (χ2v) is 0.699. The van der Waals surface area contributed by atoms with Crippen LogP contribution in [-0.4, -0.2) is 27.9 Å². The lowest BCUT2D eigenvalue weighted by atomic mass is 11.5. The molecule has 0 aliphatic carbocycles. The largest absolute Gasteiger partial charge is 0.594 e. The van der Waals surface area contributed by atoms with Crippen molar-refractivity contribution in [1.82, 2.24) is 0 Å². The van der Waals surface area contributed by atoms with Gasteiger partial charge in [-0.15, -0.1) is 0 Å². The predicted molar refractivity (Wildman–Crippen MR) is 16.3 cm³/mol. The molecule has 0 saturated carbocycles. The van der Waals surface area contributed by atoms with Crippen LogP contribution < -0.4 is 0 Å².